The van der Waals surface area contributed by atoms with Crippen molar-refractivity contribution in [2.75, 3.05) is 62.7 Å². The largest absolute Gasteiger partial charge is 0.488 e. The Balaban J connectivity index is 1.13. The lowest BCUT2D eigenvalue weighted by Crippen LogP contribution is -2.56. The first-order chi connectivity index (χ1) is 21.4. The number of ether oxygens (including phenoxy) is 2. The smallest absolute Gasteiger partial charge is 0.256 e. The molecular formula is C31H35FN8O4. The number of aliphatic hydroxyl groups excluding tert-OH is 1. The van der Waals surface area contributed by atoms with Gasteiger partial charge in [0.1, 0.15) is 24.3 Å². The normalized spacial score (nSPS) is 21.6. The average Bonchev–Trinajstić information content (AvgIpc) is 3.02. The molecule has 3 aliphatic rings. The number of benzene rings is 2. The van der Waals surface area contributed by atoms with Crippen LogP contribution in [-0.2, 0) is 9.53 Å². The van der Waals surface area contributed by atoms with E-state index in [-0.39, 0.29) is 12.1 Å². The first-order valence-corrected chi connectivity index (χ1v) is 14.8. The van der Waals surface area contributed by atoms with Crippen LogP contribution < -0.4 is 20.3 Å². The third-order valence-corrected chi connectivity index (χ3v) is 8.45. The molecule has 0 spiro atoms. The summed E-state index contributed by atoms with van der Waals surface area (Å²) in [5, 5.41) is 25.4. The Morgan fingerprint density at radius 3 is 2.66 bits per heavy atom. The second kappa shape index (κ2) is 13.2. The zero-order valence-electron chi connectivity index (χ0n) is 24.4. The summed E-state index contributed by atoms with van der Waals surface area (Å²) in [5.41, 5.74) is 3.46. The van der Waals surface area contributed by atoms with Crippen LogP contribution in [0.4, 0.5) is 21.7 Å². The first kappa shape index (κ1) is 29.8. The number of carbonyl (C=O) groups excluding carboxylic acids is 1. The number of piperidine rings is 1. The number of carbonyl (C=O) groups is 1. The summed E-state index contributed by atoms with van der Waals surface area (Å²) in [4.78, 5) is 30.3. The average molecular weight is 603 g/mol. The zero-order valence-corrected chi connectivity index (χ0v) is 24.4. The van der Waals surface area contributed by atoms with Gasteiger partial charge in [0, 0.05) is 49.7 Å². The molecule has 44 heavy (non-hydrogen) atoms. The Kier molecular flexibility index (Phi) is 8.94. The lowest BCUT2D eigenvalue weighted by molar-refractivity contribution is -0.143. The highest BCUT2D eigenvalue weighted by atomic mass is 19.1. The zero-order chi connectivity index (χ0) is 30.6. The maximum atomic E-state index is 13.4. The van der Waals surface area contributed by atoms with E-state index in [1.807, 2.05) is 12.1 Å². The van der Waals surface area contributed by atoms with Crippen molar-refractivity contribution in [3.05, 3.63) is 53.9 Å². The fourth-order valence-electron chi connectivity index (χ4n) is 5.89. The number of anilines is 3. The molecule has 2 aromatic carbocycles. The number of ketones is 1. The van der Waals surface area contributed by atoms with E-state index >= 15 is 0 Å². The number of aryl methyl sites for hydroxylation is 1. The number of alkyl halides is 1. The van der Waals surface area contributed by atoms with E-state index in [9.17, 15) is 19.6 Å². The number of hydrogen-bond donors (Lipinski definition) is 3. The van der Waals surface area contributed by atoms with Crippen LogP contribution in [0.3, 0.4) is 0 Å². The number of aromatic nitrogens is 3. The van der Waals surface area contributed by atoms with Crippen molar-refractivity contribution in [1.82, 2.24) is 25.2 Å². The molecule has 1 aromatic heterocycles. The van der Waals surface area contributed by atoms with Crippen molar-refractivity contribution in [2.45, 2.75) is 31.8 Å². The lowest BCUT2D eigenvalue weighted by atomic mass is 9.91. The van der Waals surface area contributed by atoms with Gasteiger partial charge in [-0.2, -0.15) is 10.2 Å². The highest BCUT2D eigenvalue weighted by Crippen LogP contribution is 2.32. The van der Waals surface area contributed by atoms with Crippen LogP contribution in [0.25, 0.3) is 11.4 Å². The van der Waals surface area contributed by atoms with Crippen LogP contribution in [0, 0.1) is 24.2 Å². The van der Waals surface area contributed by atoms with Gasteiger partial charge in [-0.25, -0.2) is 14.4 Å². The van der Waals surface area contributed by atoms with Crippen LogP contribution in [0.15, 0.2) is 42.7 Å². The van der Waals surface area contributed by atoms with Crippen LogP contribution in [-0.4, -0.2) is 102 Å². The van der Waals surface area contributed by atoms with Crippen LogP contribution in [0.1, 0.15) is 17.5 Å². The molecule has 3 aromatic rings. The molecule has 0 aliphatic carbocycles. The summed E-state index contributed by atoms with van der Waals surface area (Å²) < 4.78 is 24.9. The van der Waals surface area contributed by atoms with Crippen molar-refractivity contribution in [1.29, 1.82) is 5.26 Å². The van der Waals surface area contributed by atoms with E-state index in [1.165, 1.54) is 12.0 Å². The van der Waals surface area contributed by atoms with E-state index in [0.717, 1.165) is 45.1 Å². The fraction of sp³-hybridized carbons (Fsp3) is 0.452. The second-order valence-electron chi connectivity index (χ2n) is 11.3. The minimum Gasteiger partial charge on any atom is -0.488 e. The molecule has 0 bridgehead atoms. The van der Waals surface area contributed by atoms with E-state index in [4.69, 9.17) is 9.47 Å². The number of rotatable bonds is 9. The van der Waals surface area contributed by atoms with Gasteiger partial charge in [-0.3, -0.25) is 9.69 Å². The molecule has 3 saturated heterocycles. The number of piperazine rings is 1. The van der Waals surface area contributed by atoms with Gasteiger partial charge in [0.25, 0.3) is 6.36 Å². The quantitative estimate of drug-likeness (QED) is 0.330. The molecule has 4 heterocycles. The van der Waals surface area contributed by atoms with Crippen LogP contribution >= 0.6 is 0 Å². The number of Topliss-reactive ketones (excluding diaryl/α,β-unsaturated/α-hetero) is 1. The van der Waals surface area contributed by atoms with Crippen molar-refractivity contribution in [2.24, 2.45) is 5.92 Å². The molecule has 0 unspecified atom stereocenters. The number of nitriles is 1. The van der Waals surface area contributed by atoms with E-state index in [2.05, 4.69) is 53.6 Å². The minimum atomic E-state index is -2.58. The summed E-state index contributed by atoms with van der Waals surface area (Å²) in [6.07, 6.45) is -1.43. The Morgan fingerprint density at radius 2 is 1.98 bits per heavy atom. The van der Waals surface area contributed by atoms with Gasteiger partial charge in [0.15, 0.2) is 5.82 Å². The molecular weight excluding hydrogens is 567 g/mol. The number of hydrogen-bond acceptors (Lipinski definition) is 12. The Morgan fingerprint density at radius 1 is 1.20 bits per heavy atom. The van der Waals surface area contributed by atoms with Crippen LogP contribution in [0.5, 0.6) is 5.75 Å². The number of nitrogens with zero attached hydrogens (tertiary/aromatic N) is 6. The van der Waals surface area contributed by atoms with Gasteiger partial charge >= 0.3 is 0 Å². The molecule has 12 nitrogen and oxygen atoms in total. The molecule has 3 N–H and O–H groups in total. The van der Waals surface area contributed by atoms with Crippen molar-refractivity contribution in [3.63, 3.8) is 0 Å². The summed E-state index contributed by atoms with van der Waals surface area (Å²) in [7, 11) is 0. The van der Waals surface area contributed by atoms with E-state index in [0.29, 0.717) is 47.7 Å². The third-order valence-electron chi connectivity index (χ3n) is 8.45. The molecule has 230 valence electrons. The molecule has 0 radical (unpaired) electrons. The summed E-state index contributed by atoms with van der Waals surface area (Å²) >= 11 is 0. The molecule has 0 amide bonds. The summed E-state index contributed by atoms with van der Waals surface area (Å²) in [6, 6.07) is 14.3. The molecule has 3 aliphatic heterocycles. The van der Waals surface area contributed by atoms with E-state index < -0.39 is 24.2 Å². The number of halogens is 1. The predicted molar refractivity (Wildman–Crippen MR) is 160 cm³/mol. The Hall–Kier alpha value is -4.22. The first-order valence-electron chi connectivity index (χ1n) is 14.8. The molecule has 13 heteroatoms. The maximum absolute atomic E-state index is 13.4. The molecule has 6 rings (SSSR count). The van der Waals surface area contributed by atoms with Gasteiger partial charge in [-0.1, -0.05) is 0 Å². The van der Waals surface area contributed by atoms with E-state index in [1.54, 1.807) is 19.1 Å². The SMILES string of the molecule is Cc1cc(-c2ncnc(Nc3ccc(N4CCN(C5COC5)CC4)cc3)n2)cc(C#N)c1O[C@H]1CCNC[C@H]1C(=O)[C@@H](O)F. The molecule has 3 atom stereocenters. The van der Waals surface area contributed by atoms with Gasteiger partial charge in [0.05, 0.1) is 30.7 Å². The van der Waals surface area contributed by atoms with Crippen LogP contribution in [0.2, 0.25) is 0 Å². The molecule has 3 fully saturated rings. The Labute approximate surface area is 254 Å². The van der Waals surface area contributed by atoms with Crippen molar-refractivity contribution < 1.29 is 23.8 Å². The van der Waals surface area contributed by atoms with Crippen molar-refractivity contribution >= 4 is 23.1 Å². The second-order valence-corrected chi connectivity index (χ2v) is 11.3. The number of nitrogens with one attached hydrogen (secondary N) is 2. The number of aliphatic hydroxyl groups is 1. The summed E-state index contributed by atoms with van der Waals surface area (Å²) in [6.45, 7) is 8.23. The van der Waals surface area contributed by atoms with Gasteiger partial charge in [-0.15, -0.1) is 0 Å². The van der Waals surface area contributed by atoms with Gasteiger partial charge in [0.2, 0.25) is 11.7 Å². The molecule has 0 saturated carbocycles. The standard InChI is InChI=1S/C31H35FN8O4/c1-19-12-20(13-21(14-33)28(19)44-26-6-7-34-15-25(26)27(41)29(32)42)30-35-18-36-31(38-30)37-22-2-4-23(5-3-22)39-8-10-40(11-9-39)24-16-43-17-24/h2-5,12-13,18,24-26,29,34,42H,6-11,15-17H2,1H3,(H,35,36,37,38)/t25-,26+,29-/m1/s1. The topological polar surface area (TPSA) is 149 Å². The highest BCUT2D eigenvalue weighted by Gasteiger charge is 2.36. The third kappa shape index (κ3) is 6.48. The monoisotopic (exact) mass is 602 g/mol. The maximum Gasteiger partial charge on any atom is 0.256 e. The fourth-order valence-corrected chi connectivity index (χ4v) is 5.89. The van der Waals surface area contributed by atoms with Gasteiger partial charge in [-0.05, 0) is 61.9 Å². The van der Waals surface area contributed by atoms with Crippen molar-refractivity contribution in [3.8, 4) is 23.2 Å². The summed E-state index contributed by atoms with van der Waals surface area (Å²) in [5.74, 6) is -0.779. The predicted octanol–water partition coefficient (Wildman–Crippen LogP) is 2.20. The lowest BCUT2D eigenvalue weighted by Gasteiger charge is -2.43. The highest BCUT2D eigenvalue weighted by molar-refractivity contribution is 5.84. The van der Waals surface area contributed by atoms with Gasteiger partial charge < -0.3 is 30.1 Å². The Bertz CT molecular complexity index is 1520. The minimum absolute atomic E-state index is 0.181.